The van der Waals surface area contributed by atoms with Crippen molar-refractivity contribution in [2.45, 2.75) is 32.3 Å². The SMILES string of the molecule is CC1=CCCC(OC(=O)CO)C1. The first-order chi connectivity index (χ1) is 5.72. The molecule has 0 saturated carbocycles. The lowest BCUT2D eigenvalue weighted by atomic mass is 9.98. The minimum atomic E-state index is -0.519. The highest BCUT2D eigenvalue weighted by Crippen LogP contribution is 2.20. The number of rotatable bonds is 2. The van der Waals surface area contributed by atoms with Crippen molar-refractivity contribution in [1.29, 1.82) is 0 Å². The molecular weight excluding hydrogens is 156 g/mol. The molecule has 3 nitrogen and oxygen atoms in total. The van der Waals surface area contributed by atoms with Gasteiger partial charge in [0.25, 0.3) is 0 Å². The number of esters is 1. The van der Waals surface area contributed by atoms with Crippen molar-refractivity contribution < 1.29 is 14.6 Å². The first kappa shape index (κ1) is 9.26. The van der Waals surface area contributed by atoms with Crippen LogP contribution in [0.15, 0.2) is 11.6 Å². The van der Waals surface area contributed by atoms with E-state index in [4.69, 9.17) is 9.84 Å². The Labute approximate surface area is 72.0 Å². The van der Waals surface area contributed by atoms with Crippen LogP contribution in [-0.4, -0.2) is 23.8 Å². The summed E-state index contributed by atoms with van der Waals surface area (Å²) in [5, 5.41) is 8.44. The van der Waals surface area contributed by atoms with E-state index in [-0.39, 0.29) is 6.10 Å². The number of aliphatic hydroxyl groups excluding tert-OH is 1. The van der Waals surface area contributed by atoms with Crippen molar-refractivity contribution in [2.24, 2.45) is 0 Å². The molecule has 0 aromatic carbocycles. The summed E-state index contributed by atoms with van der Waals surface area (Å²) in [6.07, 6.45) is 4.79. The van der Waals surface area contributed by atoms with E-state index in [9.17, 15) is 4.79 Å². The highest BCUT2D eigenvalue weighted by atomic mass is 16.6. The van der Waals surface area contributed by atoms with Gasteiger partial charge in [0.1, 0.15) is 12.7 Å². The van der Waals surface area contributed by atoms with Gasteiger partial charge in [-0.15, -0.1) is 0 Å². The minimum Gasteiger partial charge on any atom is -0.460 e. The van der Waals surface area contributed by atoms with E-state index in [0.29, 0.717) is 0 Å². The Morgan fingerprint density at radius 3 is 3.17 bits per heavy atom. The summed E-state index contributed by atoms with van der Waals surface area (Å²) in [5.74, 6) is -0.519. The van der Waals surface area contributed by atoms with Gasteiger partial charge in [0.15, 0.2) is 0 Å². The fourth-order valence-corrected chi connectivity index (χ4v) is 1.38. The van der Waals surface area contributed by atoms with Gasteiger partial charge in [-0.2, -0.15) is 0 Å². The fraction of sp³-hybridized carbons (Fsp3) is 0.667. The lowest BCUT2D eigenvalue weighted by molar-refractivity contribution is -0.152. The summed E-state index contributed by atoms with van der Waals surface area (Å²) in [7, 11) is 0. The zero-order valence-electron chi connectivity index (χ0n) is 7.25. The van der Waals surface area contributed by atoms with E-state index in [1.807, 2.05) is 6.92 Å². The second-order valence-corrected chi connectivity index (χ2v) is 3.10. The van der Waals surface area contributed by atoms with Crippen molar-refractivity contribution in [3.05, 3.63) is 11.6 Å². The number of carbonyl (C=O) groups excluding carboxylic acids is 1. The maximum Gasteiger partial charge on any atom is 0.332 e. The van der Waals surface area contributed by atoms with Gasteiger partial charge in [-0.05, 0) is 19.8 Å². The maximum absolute atomic E-state index is 10.7. The number of carbonyl (C=O) groups is 1. The molecule has 0 aliphatic heterocycles. The van der Waals surface area contributed by atoms with Crippen molar-refractivity contribution in [1.82, 2.24) is 0 Å². The number of allylic oxidation sites excluding steroid dienone is 1. The predicted molar refractivity (Wildman–Crippen MR) is 44.6 cm³/mol. The van der Waals surface area contributed by atoms with Gasteiger partial charge in [-0.1, -0.05) is 11.6 Å². The molecule has 0 aromatic heterocycles. The van der Waals surface area contributed by atoms with Crippen LogP contribution in [-0.2, 0) is 9.53 Å². The molecule has 0 saturated heterocycles. The quantitative estimate of drug-likeness (QED) is 0.497. The minimum absolute atomic E-state index is 0.0188. The predicted octanol–water partition coefficient (Wildman–Crippen LogP) is 1.02. The number of hydrogen-bond donors (Lipinski definition) is 1. The van der Waals surface area contributed by atoms with Crippen molar-refractivity contribution in [3.63, 3.8) is 0 Å². The van der Waals surface area contributed by atoms with Crippen molar-refractivity contribution >= 4 is 5.97 Å². The standard InChI is InChI=1S/C9H14O3/c1-7-3-2-4-8(5-7)12-9(11)6-10/h3,8,10H,2,4-6H2,1H3. The van der Waals surface area contributed by atoms with Crippen LogP contribution in [0.1, 0.15) is 26.2 Å². The lowest BCUT2D eigenvalue weighted by Crippen LogP contribution is -2.22. The number of ether oxygens (including phenoxy) is 1. The van der Waals surface area contributed by atoms with Gasteiger partial charge in [0, 0.05) is 6.42 Å². The van der Waals surface area contributed by atoms with Crippen LogP contribution in [0.25, 0.3) is 0 Å². The second kappa shape index (κ2) is 4.26. The van der Waals surface area contributed by atoms with E-state index in [1.165, 1.54) is 5.57 Å². The van der Waals surface area contributed by atoms with Crippen LogP contribution in [0.2, 0.25) is 0 Å². The molecular formula is C9H14O3. The molecule has 0 heterocycles. The summed E-state index contributed by atoms with van der Waals surface area (Å²) in [5.41, 5.74) is 1.26. The van der Waals surface area contributed by atoms with Crippen LogP contribution >= 0.6 is 0 Å². The molecule has 1 unspecified atom stereocenters. The fourth-order valence-electron chi connectivity index (χ4n) is 1.38. The van der Waals surface area contributed by atoms with E-state index in [0.717, 1.165) is 19.3 Å². The summed E-state index contributed by atoms with van der Waals surface area (Å²) in [6.45, 7) is 1.51. The van der Waals surface area contributed by atoms with Crippen LogP contribution in [0.5, 0.6) is 0 Å². The number of aliphatic hydroxyl groups is 1. The van der Waals surface area contributed by atoms with Crippen LogP contribution in [0.3, 0.4) is 0 Å². The Kier molecular flexibility index (Phi) is 3.29. The van der Waals surface area contributed by atoms with Crippen LogP contribution < -0.4 is 0 Å². The molecule has 1 aliphatic rings. The molecule has 0 bridgehead atoms. The average Bonchev–Trinajstić information content (AvgIpc) is 2.04. The second-order valence-electron chi connectivity index (χ2n) is 3.10. The van der Waals surface area contributed by atoms with Crippen molar-refractivity contribution in [3.8, 4) is 0 Å². The van der Waals surface area contributed by atoms with Gasteiger partial charge in [0.05, 0.1) is 0 Å². The van der Waals surface area contributed by atoms with Gasteiger partial charge in [-0.3, -0.25) is 0 Å². The Morgan fingerprint density at radius 1 is 1.83 bits per heavy atom. The average molecular weight is 170 g/mol. The smallest absolute Gasteiger partial charge is 0.332 e. The molecule has 0 radical (unpaired) electrons. The van der Waals surface area contributed by atoms with E-state index < -0.39 is 12.6 Å². The first-order valence-corrected chi connectivity index (χ1v) is 4.18. The van der Waals surface area contributed by atoms with Crippen LogP contribution in [0.4, 0.5) is 0 Å². The molecule has 1 aliphatic carbocycles. The first-order valence-electron chi connectivity index (χ1n) is 4.18. The summed E-state index contributed by atoms with van der Waals surface area (Å²) in [4.78, 5) is 10.7. The molecule has 1 rings (SSSR count). The van der Waals surface area contributed by atoms with Crippen LogP contribution in [0, 0.1) is 0 Å². The third-order valence-electron chi connectivity index (χ3n) is 1.96. The molecule has 0 spiro atoms. The Balaban J connectivity index is 2.35. The molecule has 0 amide bonds. The summed E-state index contributed by atoms with van der Waals surface area (Å²) >= 11 is 0. The lowest BCUT2D eigenvalue weighted by Gasteiger charge is -2.20. The molecule has 1 atom stereocenters. The number of hydrogen-bond acceptors (Lipinski definition) is 3. The Hall–Kier alpha value is -0.830. The van der Waals surface area contributed by atoms with Gasteiger partial charge in [0.2, 0.25) is 0 Å². The Morgan fingerprint density at radius 2 is 2.58 bits per heavy atom. The molecule has 12 heavy (non-hydrogen) atoms. The van der Waals surface area contributed by atoms with Gasteiger partial charge in [-0.25, -0.2) is 4.79 Å². The topological polar surface area (TPSA) is 46.5 Å². The zero-order valence-corrected chi connectivity index (χ0v) is 7.25. The highest BCUT2D eigenvalue weighted by molar-refractivity contribution is 5.70. The molecule has 68 valence electrons. The highest BCUT2D eigenvalue weighted by Gasteiger charge is 2.16. The zero-order chi connectivity index (χ0) is 8.97. The largest absolute Gasteiger partial charge is 0.460 e. The van der Waals surface area contributed by atoms with E-state index in [1.54, 1.807) is 0 Å². The monoisotopic (exact) mass is 170 g/mol. The molecule has 3 heteroatoms. The summed E-state index contributed by atoms with van der Waals surface area (Å²) < 4.78 is 4.98. The Bertz CT molecular complexity index is 196. The normalized spacial score (nSPS) is 23.2. The van der Waals surface area contributed by atoms with Gasteiger partial charge < -0.3 is 9.84 Å². The van der Waals surface area contributed by atoms with E-state index in [2.05, 4.69) is 6.08 Å². The van der Waals surface area contributed by atoms with E-state index >= 15 is 0 Å². The van der Waals surface area contributed by atoms with Crippen molar-refractivity contribution in [2.75, 3.05) is 6.61 Å². The molecule has 0 aromatic rings. The third-order valence-corrected chi connectivity index (χ3v) is 1.96. The van der Waals surface area contributed by atoms with Gasteiger partial charge >= 0.3 is 5.97 Å². The third kappa shape index (κ3) is 2.66. The molecule has 0 fully saturated rings. The molecule has 1 N–H and O–H groups in total. The maximum atomic E-state index is 10.7. The summed E-state index contributed by atoms with van der Waals surface area (Å²) in [6, 6.07) is 0.